The second-order valence-electron chi connectivity index (χ2n) is 5.82. The molecular weight excluding hydrogens is 366 g/mol. The first-order valence-corrected chi connectivity index (χ1v) is 9.97. The van der Waals surface area contributed by atoms with Gasteiger partial charge in [0.25, 0.3) is 5.91 Å². The Morgan fingerprint density at radius 3 is 3.00 bits per heavy atom. The molecule has 134 valence electrons. The highest BCUT2D eigenvalue weighted by Gasteiger charge is 2.27. The lowest BCUT2D eigenvalue weighted by molar-refractivity contribution is 0.000448. The predicted molar refractivity (Wildman–Crippen MR) is 95.2 cm³/mol. The van der Waals surface area contributed by atoms with Gasteiger partial charge in [-0.15, -0.1) is 0 Å². The minimum Gasteiger partial charge on any atom is -0.374 e. The van der Waals surface area contributed by atoms with Gasteiger partial charge >= 0.3 is 0 Å². The van der Waals surface area contributed by atoms with E-state index in [-0.39, 0.29) is 19.0 Å². The Morgan fingerprint density at radius 2 is 2.24 bits per heavy atom. The van der Waals surface area contributed by atoms with Crippen molar-refractivity contribution in [2.75, 3.05) is 32.5 Å². The van der Waals surface area contributed by atoms with Crippen LogP contribution in [0.4, 0.5) is 0 Å². The molecule has 1 aliphatic heterocycles. The van der Waals surface area contributed by atoms with E-state index in [1.165, 1.54) is 4.31 Å². The predicted octanol–water partition coefficient (Wildman–Crippen LogP) is 1.28. The largest absolute Gasteiger partial charge is 0.374 e. The maximum Gasteiger partial charge on any atom is 0.253 e. The Bertz CT molecular complexity index is 903. The lowest BCUT2D eigenvalue weighted by Crippen LogP contribution is -2.49. The van der Waals surface area contributed by atoms with Crippen LogP contribution < -0.4 is 5.32 Å². The number of hydrogen-bond acceptors (Lipinski definition) is 5. The lowest BCUT2D eigenvalue weighted by Gasteiger charge is -2.31. The number of hydrogen-bond donors (Lipinski definition) is 1. The fourth-order valence-electron chi connectivity index (χ4n) is 2.77. The molecule has 3 rings (SSSR count). The van der Waals surface area contributed by atoms with Crippen molar-refractivity contribution >= 4 is 38.4 Å². The monoisotopic (exact) mass is 383 g/mol. The number of halogens is 1. The van der Waals surface area contributed by atoms with Crippen LogP contribution >= 0.6 is 11.6 Å². The van der Waals surface area contributed by atoms with Crippen LogP contribution in [-0.2, 0) is 14.8 Å². The number of ether oxygens (including phenoxy) is 1. The Kier molecular flexibility index (Phi) is 5.24. The number of rotatable bonds is 4. The van der Waals surface area contributed by atoms with Gasteiger partial charge in [-0.3, -0.25) is 9.78 Å². The summed E-state index contributed by atoms with van der Waals surface area (Å²) < 4.78 is 30.2. The molecule has 1 unspecified atom stereocenters. The quantitative estimate of drug-likeness (QED) is 0.859. The molecule has 9 heteroatoms. The zero-order chi connectivity index (χ0) is 18.0. The van der Waals surface area contributed by atoms with Crippen LogP contribution in [-0.4, -0.2) is 62.2 Å². The molecule has 2 aromatic rings. The topological polar surface area (TPSA) is 88.6 Å². The van der Waals surface area contributed by atoms with Crippen LogP contribution in [0.5, 0.6) is 0 Å². The van der Waals surface area contributed by atoms with E-state index in [1.807, 2.05) is 0 Å². The zero-order valence-corrected chi connectivity index (χ0v) is 15.2. The van der Waals surface area contributed by atoms with E-state index in [9.17, 15) is 13.2 Å². The van der Waals surface area contributed by atoms with Crippen LogP contribution in [0.3, 0.4) is 0 Å². The minimum absolute atomic E-state index is 0.192. The summed E-state index contributed by atoms with van der Waals surface area (Å²) >= 11 is 6.20. The van der Waals surface area contributed by atoms with Gasteiger partial charge in [0.1, 0.15) is 0 Å². The molecule has 2 heterocycles. The fraction of sp³-hybridized carbons (Fsp3) is 0.375. The molecule has 1 aromatic carbocycles. The number of sulfonamides is 1. The van der Waals surface area contributed by atoms with Crippen LogP contribution in [0, 0.1) is 0 Å². The number of pyridine rings is 1. The highest BCUT2D eigenvalue weighted by Crippen LogP contribution is 2.24. The summed E-state index contributed by atoms with van der Waals surface area (Å²) in [6.07, 6.45) is 2.41. The molecule has 0 bridgehead atoms. The molecule has 0 aliphatic carbocycles. The van der Waals surface area contributed by atoms with Crippen LogP contribution in [0.2, 0.25) is 5.02 Å². The maximum atomic E-state index is 12.6. The van der Waals surface area contributed by atoms with E-state index in [0.717, 1.165) is 6.26 Å². The van der Waals surface area contributed by atoms with Gasteiger partial charge in [0.15, 0.2) is 0 Å². The van der Waals surface area contributed by atoms with Gasteiger partial charge in [-0.25, -0.2) is 8.42 Å². The highest BCUT2D eigenvalue weighted by atomic mass is 35.5. The summed E-state index contributed by atoms with van der Waals surface area (Å²) in [7, 11) is -3.27. The van der Waals surface area contributed by atoms with Crippen LogP contribution in [0.15, 0.2) is 30.5 Å². The average Bonchev–Trinajstić information content (AvgIpc) is 2.59. The van der Waals surface area contributed by atoms with Crippen molar-refractivity contribution in [2.24, 2.45) is 0 Å². The number of fused-ring (bicyclic) bond motifs is 1. The third kappa shape index (κ3) is 4.09. The van der Waals surface area contributed by atoms with Crippen LogP contribution in [0.25, 0.3) is 10.9 Å². The molecule has 1 amide bonds. The molecule has 0 saturated carbocycles. The van der Waals surface area contributed by atoms with Crippen molar-refractivity contribution in [1.82, 2.24) is 14.6 Å². The van der Waals surface area contributed by atoms with Crippen molar-refractivity contribution in [3.63, 3.8) is 0 Å². The molecule has 1 N–H and O–H groups in total. The third-order valence-corrected chi connectivity index (χ3v) is 5.61. The summed E-state index contributed by atoms with van der Waals surface area (Å²) in [6, 6.07) is 6.91. The number of carbonyl (C=O) groups excluding carboxylic acids is 1. The third-order valence-electron chi connectivity index (χ3n) is 4.02. The van der Waals surface area contributed by atoms with E-state index in [0.29, 0.717) is 34.6 Å². The van der Waals surface area contributed by atoms with Gasteiger partial charge in [-0.2, -0.15) is 4.31 Å². The summed E-state index contributed by atoms with van der Waals surface area (Å²) in [5.41, 5.74) is 1.03. The first-order valence-electron chi connectivity index (χ1n) is 7.74. The van der Waals surface area contributed by atoms with Gasteiger partial charge in [-0.05, 0) is 18.2 Å². The van der Waals surface area contributed by atoms with Crippen molar-refractivity contribution in [1.29, 1.82) is 0 Å². The first kappa shape index (κ1) is 18.1. The SMILES string of the molecule is CS(=O)(=O)N1CCOC(CNC(=O)c2c(Cl)ccc3ncccc23)C1. The number of morpholine rings is 1. The van der Waals surface area contributed by atoms with Crippen LogP contribution in [0.1, 0.15) is 10.4 Å². The number of benzene rings is 1. The Hall–Kier alpha value is -1.74. The molecule has 25 heavy (non-hydrogen) atoms. The number of nitrogens with one attached hydrogen (secondary N) is 1. The molecule has 1 aromatic heterocycles. The van der Waals surface area contributed by atoms with E-state index < -0.39 is 16.1 Å². The second kappa shape index (κ2) is 7.25. The summed E-state index contributed by atoms with van der Waals surface area (Å²) in [5.74, 6) is -0.344. The van der Waals surface area contributed by atoms with Crippen molar-refractivity contribution in [3.05, 3.63) is 41.0 Å². The molecule has 1 aliphatic rings. The Morgan fingerprint density at radius 1 is 1.44 bits per heavy atom. The van der Waals surface area contributed by atoms with Gasteiger partial charge in [0.05, 0.1) is 35.1 Å². The van der Waals surface area contributed by atoms with E-state index in [2.05, 4.69) is 10.3 Å². The standard InChI is InChI=1S/C16H18ClN3O4S/c1-25(22,23)20-7-8-24-11(10-20)9-19-16(21)15-12-3-2-6-18-14(12)5-4-13(15)17/h2-6,11H,7-10H2,1H3,(H,19,21). The smallest absolute Gasteiger partial charge is 0.253 e. The van der Waals surface area contributed by atoms with Crippen molar-refractivity contribution < 1.29 is 17.9 Å². The van der Waals surface area contributed by atoms with E-state index in [4.69, 9.17) is 16.3 Å². The van der Waals surface area contributed by atoms with Crippen molar-refractivity contribution in [3.8, 4) is 0 Å². The molecule has 0 radical (unpaired) electrons. The normalized spacial score (nSPS) is 19.0. The van der Waals surface area contributed by atoms with Gasteiger partial charge in [-0.1, -0.05) is 17.7 Å². The number of aromatic nitrogens is 1. The molecule has 0 spiro atoms. The maximum absolute atomic E-state index is 12.6. The number of carbonyl (C=O) groups is 1. The number of nitrogens with zero attached hydrogens (tertiary/aromatic N) is 2. The Balaban J connectivity index is 1.72. The summed E-state index contributed by atoms with van der Waals surface area (Å²) in [4.78, 5) is 16.8. The molecule has 7 nitrogen and oxygen atoms in total. The molecule has 1 atom stereocenters. The average molecular weight is 384 g/mol. The van der Waals surface area contributed by atoms with Crippen molar-refractivity contribution in [2.45, 2.75) is 6.10 Å². The van der Waals surface area contributed by atoms with Gasteiger partial charge in [0.2, 0.25) is 10.0 Å². The second-order valence-corrected chi connectivity index (χ2v) is 8.21. The summed E-state index contributed by atoms with van der Waals surface area (Å²) in [5, 5.41) is 3.77. The highest BCUT2D eigenvalue weighted by molar-refractivity contribution is 7.88. The van der Waals surface area contributed by atoms with Gasteiger partial charge in [0, 0.05) is 31.2 Å². The van der Waals surface area contributed by atoms with Gasteiger partial charge < -0.3 is 10.1 Å². The lowest BCUT2D eigenvalue weighted by atomic mass is 10.1. The molecule has 1 saturated heterocycles. The first-order chi connectivity index (χ1) is 11.9. The fourth-order valence-corrected chi connectivity index (χ4v) is 3.86. The zero-order valence-electron chi connectivity index (χ0n) is 13.6. The van der Waals surface area contributed by atoms with E-state index >= 15 is 0 Å². The number of amides is 1. The van der Waals surface area contributed by atoms with E-state index in [1.54, 1.807) is 30.5 Å². The summed E-state index contributed by atoms with van der Waals surface area (Å²) in [6.45, 7) is 1.03. The Labute approximate surface area is 151 Å². The molecular formula is C16H18ClN3O4S. The minimum atomic E-state index is -3.27. The molecule has 1 fully saturated rings.